The average Bonchev–Trinajstić information content (AvgIpc) is 2.43. The Kier molecular flexibility index (Phi) is 4.24. The van der Waals surface area contributed by atoms with Crippen molar-refractivity contribution in [2.45, 2.75) is 39.5 Å². The monoisotopic (exact) mass is 284 g/mol. The van der Waals surface area contributed by atoms with Gasteiger partial charge in [-0.15, -0.1) is 0 Å². The Morgan fingerprint density at radius 3 is 2.37 bits per heavy atom. The molecule has 1 aliphatic rings. The summed E-state index contributed by atoms with van der Waals surface area (Å²) < 4.78 is 13.6. The van der Waals surface area contributed by atoms with Gasteiger partial charge < -0.3 is 10.6 Å². The van der Waals surface area contributed by atoms with Gasteiger partial charge in [0.2, 0.25) is 0 Å². The summed E-state index contributed by atoms with van der Waals surface area (Å²) in [6, 6.07) is 2.97. The number of halogens is 2. The molecule has 2 nitrogen and oxygen atoms in total. The topological polar surface area (TPSA) is 29.3 Å². The van der Waals surface area contributed by atoms with Gasteiger partial charge in [0.15, 0.2) is 0 Å². The fourth-order valence-corrected chi connectivity index (χ4v) is 3.18. The molecule has 0 radical (unpaired) electrons. The standard InChI is InChI=1S/C15H22ClFN2/c1-3-15(4-2)5-7-19(8-6-15)14-10-12(17)11(16)9-13(14)18/h9-10H,3-8,18H2,1-2H3. The summed E-state index contributed by atoms with van der Waals surface area (Å²) in [6.45, 7) is 6.39. The maximum Gasteiger partial charge on any atom is 0.144 e. The van der Waals surface area contributed by atoms with Crippen LogP contribution in [-0.4, -0.2) is 13.1 Å². The van der Waals surface area contributed by atoms with Gasteiger partial charge in [0.25, 0.3) is 0 Å². The second-order valence-electron chi connectivity index (χ2n) is 5.52. The molecule has 0 atom stereocenters. The quantitative estimate of drug-likeness (QED) is 0.830. The van der Waals surface area contributed by atoms with Gasteiger partial charge in [0, 0.05) is 19.2 Å². The number of hydrogen-bond donors (Lipinski definition) is 1. The third-order valence-corrected chi connectivity index (χ3v) is 5.02. The maximum atomic E-state index is 13.6. The summed E-state index contributed by atoms with van der Waals surface area (Å²) in [5.41, 5.74) is 7.76. The number of nitrogens with zero attached hydrogens (tertiary/aromatic N) is 1. The van der Waals surface area contributed by atoms with Crippen LogP contribution in [0, 0.1) is 11.2 Å². The second kappa shape index (κ2) is 5.58. The lowest BCUT2D eigenvalue weighted by Crippen LogP contribution is -2.40. The van der Waals surface area contributed by atoms with Crippen LogP contribution in [0.5, 0.6) is 0 Å². The molecule has 1 aliphatic heterocycles. The van der Waals surface area contributed by atoms with Gasteiger partial charge >= 0.3 is 0 Å². The molecule has 0 amide bonds. The third-order valence-electron chi connectivity index (χ3n) is 4.73. The van der Waals surface area contributed by atoms with Crippen molar-refractivity contribution in [2.75, 3.05) is 23.7 Å². The van der Waals surface area contributed by atoms with Crippen LogP contribution in [0.4, 0.5) is 15.8 Å². The predicted octanol–water partition coefficient (Wildman–Crippen LogP) is 4.47. The van der Waals surface area contributed by atoms with E-state index in [-0.39, 0.29) is 5.02 Å². The molecule has 0 saturated carbocycles. The van der Waals surface area contributed by atoms with Crippen molar-refractivity contribution in [1.82, 2.24) is 0 Å². The summed E-state index contributed by atoms with van der Waals surface area (Å²) in [6.07, 6.45) is 4.71. The first-order chi connectivity index (χ1) is 9.01. The van der Waals surface area contributed by atoms with Crippen LogP contribution in [0.2, 0.25) is 5.02 Å². The lowest BCUT2D eigenvalue weighted by Gasteiger charge is -2.42. The van der Waals surface area contributed by atoms with E-state index < -0.39 is 5.82 Å². The highest BCUT2D eigenvalue weighted by atomic mass is 35.5. The molecule has 19 heavy (non-hydrogen) atoms. The Bertz CT molecular complexity index is 448. The summed E-state index contributed by atoms with van der Waals surface area (Å²) in [7, 11) is 0. The molecule has 1 fully saturated rings. The molecule has 1 aromatic carbocycles. The summed E-state index contributed by atoms with van der Waals surface area (Å²) >= 11 is 5.74. The van der Waals surface area contributed by atoms with E-state index in [9.17, 15) is 4.39 Å². The van der Waals surface area contributed by atoms with Crippen LogP contribution in [-0.2, 0) is 0 Å². The van der Waals surface area contributed by atoms with Crippen molar-refractivity contribution < 1.29 is 4.39 Å². The van der Waals surface area contributed by atoms with Crippen LogP contribution < -0.4 is 10.6 Å². The largest absolute Gasteiger partial charge is 0.397 e. The van der Waals surface area contributed by atoms with E-state index in [2.05, 4.69) is 18.7 Å². The Hall–Kier alpha value is -0.960. The molecule has 4 heteroatoms. The SMILES string of the molecule is CCC1(CC)CCN(c2cc(F)c(Cl)cc2N)CC1. The number of piperidine rings is 1. The Labute approximate surface area is 119 Å². The van der Waals surface area contributed by atoms with Crippen LogP contribution in [0.15, 0.2) is 12.1 Å². The molecular formula is C15H22ClFN2. The number of benzene rings is 1. The van der Waals surface area contributed by atoms with E-state index in [4.69, 9.17) is 17.3 Å². The molecule has 1 heterocycles. The van der Waals surface area contributed by atoms with Crippen LogP contribution in [0.1, 0.15) is 39.5 Å². The van der Waals surface area contributed by atoms with Crippen molar-refractivity contribution in [1.29, 1.82) is 0 Å². The average molecular weight is 285 g/mol. The lowest BCUT2D eigenvalue weighted by molar-refractivity contribution is 0.199. The maximum absolute atomic E-state index is 13.6. The zero-order valence-corrected chi connectivity index (χ0v) is 12.4. The van der Waals surface area contributed by atoms with Crippen molar-refractivity contribution in [3.8, 4) is 0 Å². The third kappa shape index (κ3) is 2.81. The zero-order valence-electron chi connectivity index (χ0n) is 11.7. The summed E-state index contributed by atoms with van der Waals surface area (Å²) in [5, 5.41) is 0.0923. The molecule has 1 saturated heterocycles. The Morgan fingerprint density at radius 2 is 1.84 bits per heavy atom. The highest BCUT2D eigenvalue weighted by molar-refractivity contribution is 6.31. The van der Waals surface area contributed by atoms with E-state index in [0.717, 1.165) is 31.6 Å². The van der Waals surface area contributed by atoms with E-state index >= 15 is 0 Å². The minimum Gasteiger partial charge on any atom is -0.397 e. The van der Waals surface area contributed by atoms with Crippen LogP contribution in [0.3, 0.4) is 0 Å². The first-order valence-electron chi connectivity index (χ1n) is 7.01. The molecule has 0 bridgehead atoms. The molecular weight excluding hydrogens is 263 g/mol. The van der Waals surface area contributed by atoms with Gasteiger partial charge in [-0.1, -0.05) is 38.3 Å². The molecule has 2 rings (SSSR count). The minimum absolute atomic E-state index is 0.0923. The van der Waals surface area contributed by atoms with Gasteiger partial charge in [-0.2, -0.15) is 0 Å². The summed E-state index contributed by atoms with van der Waals surface area (Å²) in [5.74, 6) is -0.395. The van der Waals surface area contributed by atoms with Crippen molar-refractivity contribution in [2.24, 2.45) is 5.41 Å². The van der Waals surface area contributed by atoms with E-state index in [0.29, 0.717) is 11.1 Å². The normalized spacial score (nSPS) is 18.6. The molecule has 0 spiro atoms. The summed E-state index contributed by atoms with van der Waals surface area (Å²) in [4.78, 5) is 2.18. The van der Waals surface area contributed by atoms with E-state index in [1.165, 1.54) is 25.0 Å². The first kappa shape index (κ1) is 14.4. The molecule has 0 aromatic heterocycles. The fourth-order valence-electron chi connectivity index (χ4n) is 3.00. The predicted molar refractivity (Wildman–Crippen MR) is 80.3 cm³/mol. The number of hydrogen-bond acceptors (Lipinski definition) is 2. The van der Waals surface area contributed by atoms with Gasteiger partial charge in [-0.3, -0.25) is 0 Å². The zero-order chi connectivity index (χ0) is 14.0. The molecule has 0 aliphatic carbocycles. The van der Waals surface area contributed by atoms with E-state index in [1.807, 2.05) is 0 Å². The number of nitrogen functional groups attached to an aromatic ring is 1. The molecule has 1 aromatic rings. The Balaban J connectivity index is 2.16. The Morgan fingerprint density at radius 1 is 1.26 bits per heavy atom. The second-order valence-corrected chi connectivity index (χ2v) is 5.93. The first-order valence-corrected chi connectivity index (χ1v) is 7.38. The van der Waals surface area contributed by atoms with Gasteiger partial charge in [0.05, 0.1) is 16.4 Å². The van der Waals surface area contributed by atoms with E-state index in [1.54, 1.807) is 0 Å². The molecule has 0 unspecified atom stereocenters. The van der Waals surface area contributed by atoms with Gasteiger partial charge in [-0.25, -0.2) is 4.39 Å². The van der Waals surface area contributed by atoms with Gasteiger partial charge in [-0.05, 0) is 24.3 Å². The highest BCUT2D eigenvalue weighted by Gasteiger charge is 2.31. The highest BCUT2D eigenvalue weighted by Crippen LogP contribution is 2.40. The van der Waals surface area contributed by atoms with Crippen LogP contribution >= 0.6 is 11.6 Å². The van der Waals surface area contributed by atoms with Crippen molar-refractivity contribution >= 4 is 23.0 Å². The molecule has 2 N–H and O–H groups in total. The van der Waals surface area contributed by atoms with Crippen molar-refractivity contribution in [3.05, 3.63) is 23.0 Å². The van der Waals surface area contributed by atoms with Crippen LogP contribution in [0.25, 0.3) is 0 Å². The van der Waals surface area contributed by atoms with Crippen molar-refractivity contribution in [3.63, 3.8) is 0 Å². The van der Waals surface area contributed by atoms with Gasteiger partial charge in [0.1, 0.15) is 5.82 Å². The smallest absolute Gasteiger partial charge is 0.144 e. The number of nitrogens with two attached hydrogens (primary N) is 1. The lowest BCUT2D eigenvalue weighted by atomic mass is 9.74. The molecule has 106 valence electrons. The number of rotatable bonds is 3. The number of anilines is 2. The minimum atomic E-state index is -0.395. The fraction of sp³-hybridized carbons (Fsp3) is 0.600.